The molecule has 2 aromatic rings. The highest BCUT2D eigenvalue weighted by Gasteiger charge is 2.31. The van der Waals surface area contributed by atoms with Crippen LogP contribution in [0.1, 0.15) is 29.0 Å². The second-order valence-electron chi connectivity index (χ2n) is 7.90. The third-order valence-corrected chi connectivity index (χ3v) is 5.30. The Morgan fingerprint density at radius 1 is 1.16 bits per heavy atom. The van der Waals surface area contributed by atoms with E-state index in [1.54, 1.807) is 4.90 Å². The van der Waals surface area contributed by atoms with E-state index in [2.05, 4.69) is 5.32 Å². The van der Waals surface area contributed by atoms with Crippen molar-refractivity contribution in [2.24, 2.45) is 5.92 Å². The molecule has 1 aromatic heterocycles. The van der Waals surface area contributed by atoms with Gasteiger partial charge < -0.3 is 19.5 Å². The van der Waals surface area contributed by atoms with Crippen molar-refractivity contribution in [1.29, 1.82) is 0 Å². The van der Waals surface area contributed by atoms with E-state index in [4.69, 9.17) is 4.42 Å². The number of carbonyl (C=O) groups is 2. The van der Waals surface area contributed by atoms with Gasteiger partial charge in [-0.3, -0.25) is 9.59 Å². The summed E-state index contributed by atoms with van der Waals surface area (Å²) in [7, 11) is 3.87. The van der Waals surface area contributed by atoms with E-state index in [-0.39, 0.29) is 34.8 Å². The van der Waals surface area contributed by atoms with Gasteiger partial charge in [0.25, 0.3) is 5.91 Å². The summed E-state index contributed by atoms with van der Waals surface area (Å²) in [6, 6.07) is 7.75. The molecule has 1 aromatic carbocycles. The zero-order valence-corrected chi connectivity index (χ0v) is 17.5. The number of likely N-dealkylation sites (tertiary alicyclic amines) is 1. The number of hydrogen-bond acceptors (Lipinski definition) is 4. The van der Waals surface area contributed by atoms with Gasteiger partial charge in [-0.25, -0.2) is 0 Å². The van der Waals surface area contributed by atoms with Crippen LogP contribution in [0.3, 0.4) is 0 Å². The Hall–Kier alpha value is -2.81. The minimum Gasteiger partial charge on any atom is -0.451 e. The molecule has 6 nitrogen and oxygen atoms in total. The van der Waals surface area contributed by atoms with Gasteiger partial charge in [-0.15, -0.1) is 0 Å². The van der Waals surface area contributed by atoms with Crippen molar-refractivity contribution in [3.63, 3.8) is 0 Å². The molecule has 0 radical (unpaired) electrons. The highest BCUT2D eigenvalue weighted by atomic mass is 19.4. The van der Waals surface area contributed by atoms with Crippen molar-refractivity contribution in [2.45, 2.75) is 19.0 Å². The molecule has 0 aliphatic carbocycles. The molecule has 1 aliphatic heterocycles. The summed E-state index contributed by atoms with van der Waals surface area (Å²) < 4.78 is 44.4. The molecule has 2 heterocycles. The molecule has 0 spiro atoms. The average molecular weight is 437 g/mol. The SMILES string of the molecule is CN(C)CCNC(=O)C1CCN(C(=O)c2ccc(-c3cccc(C(F)(F)F)c3)o2)CC1. The van der Waals surface area contributed by atoms with Gasteiger partial charge in [-0.2, -0.15) is 13.2 Å². The number of nitrogens with zero attached hydrogens (tertiary/aromatic N) is 2. The van der Waals surface area contributed by atoms with Crippen molar-refractivity contribution in [2.75, 3.05) is 40.3 Å². The Morgan fingerprint density at radius 2 is 1.87 bits per heavy atom. The van der Waals surface area contributed by atoms with E-state index in [1.807, 2.05) is 19.0 Å². The van der Waals surface area contributed by atoms with Gasteiger partial charge in [0.15, 0.2) is 5.76 Å². The summed E-state index contributed by atoms with van der Waals surface area (Å²) in [5, 5.41) is 2.91. The maximum Gasteiger partial charge on any atom is 0.416 e. The first-order valence-electron chi connectivity index (χ1n) is 10.1. The summed E-state index contributed by atoms with van der Waals surface area (Å²) >= 11 is 0. The van der Waals surface area contributed by atoms with Gasteiger partial charge in [0.1, 0.15) is 5.76 Å². The van der Waals surface area contributed by atoms with Crippen molar-refractivity contribution in [1.82, 2.24) is 15.1 Å². The van der Waals surface area contributed by atoms with Crippen LogP contribution in [-0.4, -0.2) is 61.9 Å². The molecule has 1 N–H and O–H groups in total. The highest BCUT2D eigenvalue weighted by molar-refractivity contribution is 5.92. The maximum atomic E-state index is 12.9. The van der Waals surface area contributed by atoms with Crippen LogP contribution in [0.15, 0.2) is 40.8 Å². The fourth-order valence-electron chi connectivity index (χ4n) is 3.50. The van der Waals surface area contributed by atoms with E-state index in [0.717, 1.165) is 18.7 Å². The first kappa shape index (κ1) is 22.9. The van der Waals surface area contributed by atoms with Gasteiger partial charge in [0, 0.05) is 37.7 Å². The molecular formula is C22H26F3N3O3. The molecular weight excluding hydrogens is 411 g/mol. The first-order chi connectivity index (χ1) is 14.6. The molecule has 1 aliphatic rings. The Morgan fingerprint density at radius 3 is 2.52 bits per heavy atom. The minimum absolute atomic E-state index is 0.00113. The number of rotatable bonds is 6. The molecule has 3 rings (SSSR count). The van der Waals surface area contributed by atoms with E-state index < -0.39 is 11.7 Å². The topological polar surface area (TPSA) is 65.8 Å². The number of likely N-dealkylation sites (N-methyl/N-ethyl adjacent to an activating group) is 1. The minimum atomic E-state index is -4.45. The van der Waals surface area contributed by atoms with Crippen molar-refractivity contribution in [3.05, 3.63) is 47.7 Å². The van der Waals surface area contributed by atoms with E-state index in [1.165, 1.54) is 24.3 Å². The molecule has 1 fully saturated rings. The third-order valence-electron chi connectivity index (χ3n) is 5.30. The standard InChI is InChI=1S/C22H26F3N3O3/c1-27(2)13-10-26-20(29)15-8-11-28(12-9-15)21(30)19-7-6-18(31-19)16-4-3-5-17(14-16)22(23,24)25/h3-7,14-15H,8-13H2,1-2H3,(H,26,29). The van der Waals surface area contributed by atoms with Crippen LogP contribution in [0.25, 0.3) is 11.3 Å². The lowest BCUT2D eigenvalue weighted by atomic mass is 9.95. The van der Waals surface area contributed by atoms with Gasteiger partial charge in [-0.1, -0.05) is 12.1 Å². The summed E-state index contributed by atoms with van der Waals surface area (Å²) in [5.74, 6) is -0.196. The predicted octanol–water partition coefficient (Wildman–Crippen LogP) is 3.50. The van der Waals surface area contributed by atoms with Crippen molar-refractivity contribution in [3.8, 4) is 11.3 Å². The summed E-state index contributed by atoms with van der Waals surface area (Å²) in [4.78, 5) is 28.6. The number of halogens is 3. The Kier molecular flexibility index (Phi) is 7.04. The maximum absolute atomic E-state index is 12.9. The van der Waals surface area contributed by atoms with Crippen LogP contribution in [-0.2, 0) is 11.0 Å². The quantitative estimate of drug-likeness (QED) is 0.752. The number of amides is 2. The Balaban J connectivity index is 1.58. The van der Waals surface area contributed by atoms with Gasteiger partial charge in [-0.05, 0) is 51.2 Å². The second kappa shape index (κ2) is 9.55. The number of furan rings is 1. The van der Waals surface area contributed by atoms with Gasteiger partial charge in [0.05, 0.1) is 5.56 Å². The van der Waals surface area contributed by atoms with Gasteiger partial charge >= 0.3 is 6.18 Å². The third kappa shape index (κ3) is 5.88. The number of nitrogens with one attached hydrogen (secondary N) is 1. The van der Waals surface area contributed by atoms with Gasteiger partial charge in [0.2, 0.25) is 5.91 Å². The van der Waals surface area contributed by atoms with Crippen molar-refractivity contribution < 1.29 is 27.2 Å². The molecule has 1 saturated heterocycles. The molecule has 0 bridgehead atoms. The Labute approximate surface area is 179 Å². The van der Waals surface area contributed by atoms with Crippen LogP contribution in [0.4, 0.5) is 13.2 Å². The molecule has 2 amide bonds. The van der Waals surface area contributed by atoms with Crippen LogP contribution in [0.5, 0.6) is 0 Å². The summed E-state index contributed by atoms with van der Waals surface area (Å²) in [5.41, 5.74) is -0.526. The molecule has 31 heavy (non-hydrogen) atoms. The number of hydrogen-bond donors (Lipinski definition) is 1. The average Bonchev–Trinajstić information content (AvgIpc) is 3.23. The molecule has 0 saturated carbocycles. The zero-order valence-electron chi connectivity index (χ0n) is 17.5. The van der Waals surface area contributed by atoms with Crippen LogP contribution < -0.4 is 5.32 Å². The van der Waals surface area contributed by atoms with Crippen LogP contribution >= 0.6 is 0 Å². The molecule has 0 unspecified atom stereocenters. The number of alkyl halides is 3. The fraction of sp³-hybridized carbons (Fsp3) is 0.455. The smallest absolute Gasteiger partial charge is 0.416 e. The lowest BCUT2D eigenvalue weighted by Gasteiger charge is -2.30. The molecule has 168 valence electrons. The molecule has 0 atom stereocenters. The zero-order chi connectivity index (χ0) is 22.6. The normalized spacial score (nSPS) is 15.4. The lowest BCUT2D eigenvalue weighted by molar-refractivity contribution is -0.137. The van der Waals surface area contributed by atoms with E-state index in [9.17, 15) is 22.8 Å². The van der Waals surface area contributed by atoms with E-state index >= 15 is 0 Å². The lowest BCUT2D eigenvalue weighted by Crippen LogP contribution is -2.43. The van der Waals surface area contributed by atoms with Crippen LogP contribution in [0.2, 0.25) is 0 Å². The highest BCUT2D eigenvalue weighted by Crippen LogP contribution is 2.33. The summed E-state index contributed by atoms with van der Waals surface area (Å²) in [6.45, 7) is 2.18. The Bertz CT molecular complexity index is 916. The number of piperidine rings is 1. The largest absolute Gasteiger partial charge is 0.451 e. The second-order valence-corrected chi connectivity index (χ2v) is 7.90. The molecule has 9 heteroatoms. The van der Waals surface area contributed by atoms with E-state index in [0.29, 0.717) is 32.5 Å². The first-order valence-corrected chi connectivity index (χ1v) is 10.1. The van der Waals surface area contributed by atoms with Crippen molar-refractivity contribution >= 4 is 11.8 Å². The summed E-state index contributed by atoms with van der Waals surface area (Å²) in [6.07, 6.45) is -3.34. The monoisotopic (exact) mass is 437 g/mol. The van der Waals surface area contributed by atoms with Crippen LogP contribution in [0, 0.1) is 5.92 Å². The number of carbonyl (C=O) groups excluding carboxylic acids is 2. The fourth-order valence-corrected chi connectivity index (χ4v) is 3.50. The number of benzene rings is 1. The predicted molar refractivity (Wildman–Crippen MR) is 109 cm³/mol.